The highest BCUT2D eigenvalue weighted by atomic mass is 19.1. The van der Waals surface area contributed by atoms with Crippen molar-refractivity contribution in [1.82, 2.24) is 20.0 Å². The number of nitrogens with two attached hydrogens (primary N) is 1. The number of halogens is 2. The van der Waals surface area contributed by atoms with Gasteiger partial charge in [0, 0.05) is 68.4 Å². The van der Waals surface area contributed by atoms with E-state index in [1.54, 1.807) is 6.92 Å². The number of hydrogen-bond donors (Lipinski definition) is 3. The van der Waals surface area contributed by atoms with Crippen LogP contribution in [0.1, 0.15) is 31.0 Å². The van der Waals surface area contributed by atoms with Crippen LogP contribution in [-0.2, 0) is 13.1 Å². The van der Waals surface area contributed by atoms with Crippen LogP contribution in [0.15, 0.2) is 30.0 Å². The van der Waals surface area contributed by atoms with Gasteiger partial charge in [0.15, 0.2) is 0 Å². The second-order valence-electron chi connectivity index (χ2n) is 8.08. The number of H-pyrrole nitrogens is 1. The average Bonchev–Trinajstić information content (AvgIpc) is 3.18. The van der Waals surface area contributed by atoms with Crippen molar-refractivity contribution in [2.75, 3.05) is 13.1 Å². The summed E-state index contributed by atoms with van der Waals surface area (Å²) in [7, 11) is 0. The number of aromatic amines is 1. The monoisotopic (exact) mass is 379 g/mol. The summed E-state index contributed by atoms with van der Waals surface area (Å²) in [6, 6.07) is -0.431. The van der Waals surface area contributed by atoms with Gasteiger partial charge in [0.1, 0.15) is 11.7 Å². The lowest BCUT2D eigenvalue weighted by Crippen LogP contribution is -2.63. The second-order valence-corrected chi connectivity index (χ2v) is 8.08. The quantitative estimate of drug-likeness (QED) is 0.740. The largest absolute Gasteiger partial charge is 0.392 e. The Morgan fingerprint density at radius 3 is 2.93 bits per heavy atom. The molecule has 1 fully saturated rings. The van der Waals surface area contributed by atoms with Gasteiger partial charge in [-0.1, -0.05) is 0 Å². The van der Waals surface area contributed by atoms with E-state index in [1.807, 2.05) is 6.20 Å². The maximum absolute atomic E-state index is 14.5. The molecule has 1 aromatic rings. The Balaban J connectivity index is 1.52. The lowest BCUT2D eigenvalue weighted by molar-refractivity contribution is -0.00278. The van der Waals surface area contributed by atoms with Gasteiger partial charge in [-0.15, -0.1) is 0 Å². The first kappa shape index (κ1) is 18.7. The Kier molecular flexibility index (Phi) is 5.15. The van der Waals surface area contributed by atoms with E-state index < -0.39 is 12.0 Å². The molecule has 1 aliphatic carbocycles. The number of nitrogens with zero attached hydrogens (tertiary/aromatic N) is 3. The molecule has 0 amide bonds. The standard InChI is InChI=1S/C19H27F2N5O/c1-11(27)7-26-9-14(25-8-12-6-23-24-18(12)10-25)5-17(22)19(26)15-4-13(20)2-3-16(15)21/h2-3,6,11,14-15,17,19,27H,4-5,7-10,22H2,1H3,(H,23,24)/t11?,14?,15?,17?,19-/m1/s1. The van der Waals surface area contributed by atoms with Crippen LogP contribution in [0.4, 0.5) is 8.78 Å². The highest BCUT2D eigenvalue weighted by Gasteiger charge is 2.44. The number of nitrogens with one attached hydrogen (secondary N) is 1. The van der Waals surface area contributed by atoms with Gasteiger partial charge < -0.3 is 10.8 Å². The molecular weight excluding hydrogens is 352 g/mol. The molecule has 8 heteroatoms. The van der Waals surface area contributed by atoms with E-state index in [1.165, 1.54) is 17.7 Å². The van der Waals surface area contributed by atoms with Gasteiger partial charge in [0.25, 0.3) is 0 Å². The van der Waals surface area contributed by atoms with Crippen LogP contribution in [0.5, 0.6) is 0 Å². The zero-order chi connectivity index (χ0) is 19.1. The molecule has 0 radical (unpaired) electrons. The van der Waals surface area contributed by atoms with Gasteiger partial charge in [-0.3, -0.25) is 14.9 Å². The highest BCUT2D eigenvalue weighted by molar-refractivity contribution is 5.24. The van der Waals surface area contributed by atoms with Crippen LogP contribution in [0.25, 0.3) is 0 Å². The number of allylic oxidation sites excluding steroid dienone is 3. The van der Waals surface area contributed by atoms with Gasteiger partial charge in [0.2, 0.25) is 0 Å². The van der Waals surface area contributed by atoms with Crippen LogP contribution in [0.3, 0.4) is 0 Å². The van der Waals surface area contributed by atoms with Gasteiger partial charge in [0.05, 0.1) is 11.8 Å². The molecule has 27 heavy (non-hydrogen) atoms. The van der Waals surface area contributed by atoms with E-state index in [2.05, 4.69) is 20.0 Å². The number of rotatable bonds is 4. The van der Waals surface area contributed by atoms with Crippen molar-refractivity contribution >= 4 is 0 Å². The van der Waals surface area contributed by atoms with Gasteiger partial charge in [-0.2, -0.15) is 5.10 Å². The van der Waals surface area contributed by atoms with Crippen LogP contribution in [0.2, 0.25) is 0 Å². The fourth-order valence-electron chi connectivity index (χ4n) is 4.84. The molecule has 4 unspecified atom stereocenters. The maximum atomic E-state index is 14.5. The van der Waals surface area contributed by atoms with Crippen molar-refractivity contribution < 1.29 is 13.9 Å². The molecule has 6 nitrogen and oxygen atoms in total. The Bertz CT molecular complexity index is 726. The molecule has 0 bridgehead atoms. The van der Waals surface area contributed by atoms with Crippen molar-refractivity contribution in [2.45, 2.75) is 57.1 Å². The zero-order valence-electron chi connectivity index (χ0n) is 15.5. The summed E-state index contributed by atoms with van der Waals surface area (Å²) in [5, 5.41) is 17.2. The molecule has 1 saturated heterocycles. The van der Waals surface area contributed by atoms with Gasteiger partial charge in [-0.05, 0) is 25.5 Å². The molecule has 0 saturated carbocycles. The Hall–Kier alpha value is -1.61. The topological polar surface area (TPSA) is 81.4 Å². The van der Waals surface area contributed by atoms with E-state index in [0.29, 0.717) is 19.5 Å². The molecule has 148 valence electrons. The van der Waals surface area contributed by atoms with Crippen LogP contribution in [-0.4, -0.2) is 62.4 Å². The molecule has 4 N–H and O–H groups in total. The third-order valence-corrected chi connectivity index (χ3v) is 6.00. The van der Waals surface area contributed by atoms with Crippen molar-refractivity contribution in [3.63, 3.8) is 0 Å². The first-order valence-corrected chi connectivity index (χ1v) is 9.57. The van der Waals surface area contributed by atoms with E-state index in [0.717, 1.165) is 18.8 Å². The Morgan fingerprint density at radius 2 is 2.19 bits per heavy atom. The Labute approximate surface area is 157 Å². The van der Waals surface area contributed by atoms with Crippen molar-refractivity contribution in [1.29, 1.82) is 0 Å². The van der Waals surface area contributed by atoms with E-state index in [-0.39, 0.29) is 36.2 Å². The van der Waals surface area contributed by atoms with Gasteiger partial charge >= 0.3 is 0 Å². The highest BCUT2D eigenvalue weighted by Crippen LogP contribution is 2.37. The van der Waals surface area contributed by atoms with E-state index in [9.17, 15) is 13.9 Å². The zero-order valence-corrected chi connectivity index (χ0v) is 15.5. The van der Waals surface area contributed by atoms with Gasteiger partial charge in [-0.25, -0.2) is 8.78 Å². The molecule has 3 heterocycles. The summed E-state index contributed by atoms with van der Waals surface area (Å²) < 4.78 is 28.3. The van der Waals surface area contributed by atoms with Crippen molar-refractivity contribution in [3.05, 3.63) is 41.3 Å². The van der Waals surface area contributed by atoms with Crippen LogP contribution >= 0.6 is 0 Å². The van der Waals surface area contributed by atoms with Crippen molar-refractivity contribution in [2.24, 2.45) is 11.7 Å². The average molecular weight is 379 g/mol. The minimum atomic E-state index is -0.598. The minimum Gasteiger partial charge on any atom is -0.392 e. The summed E-state index contributed by atoms with van der Waals surface area (Å²) >= 11 is 0. The fourth-order valence-corrected chi connectivity index (χ4v) is 4.84. The predicted molar refractivity (Wildman–Crippen MR) is 97.7 cm³/mol. The number of piperidine rings is 1. The fraction of sp³-hybridized carbons (Fsp3) is 0.632. The molecule has 5 atom stereocenters. The minimum absolute atomic E-state index is 0.0285. The summed E-state index contributed by atoms with van der Waals surface area (Å²) in [4.78, 5) is 4.40. The number of aromatic nitrogens is 2. The molecular formula is C19H27F2N5O. The molecule has 1 aromatic heterocycles. The number of likely N-dealkylation sites (tertiary alicyclic amines) is 1. The van der Waals surface area contributed by atoms with E-state index >= 15 is 0 Å². The van der Waals surface area contributed by atoms with E-state index in [4.69, 9.17) is 5.73 Å². The molecule has 3 aliphatic rings. The second kappa shape index (κ2) is 7.43. The molecule has 2 aliphatic heterocycles. The molecule has 0 spiro atoms. The van der Waals surface area contributed by atoms with Crippen LogP contribution < -0.4 is 5.73 Å². The number of aliphatic hydroxyl groups is 1. The summed E-state index contributed by atoms with van der Waals surface area (Å²) in [5.41, 5.74) is 8.77. The van der Waals surface area contributed by atoms with Crippen LogP contribution in [0, 0.1) is 5.92 Å². The first-order chi connectivity index (χ1) is 12.9. The lowest BCUT2D eigenvalue weighted by atomic mass is 9.80. The maximum Gasteiger partial charge on any atom is 0.105 e. The number of fused-ring (bicyclic) bond motifs is 1. The summed E-state index contributed by atoms with van der Waals surface area (Å²) in [6.07, 6.45) is 4.50. The predicted octanol–water partition coefficient (Wildman–Crippen LogP) is 1.60. The summed E-state index contributed by atoms with van der Waals surface area (Å²) in [5.74, 6) is -1.25. The normalized spacial score (nSPS) is 33.5. The Morgan fingerprint density at radius 1 is 1.37 bits per heavy atom. The number of hydrogen-bond acceptors (Lipinski definition) is 5. The SMILES string of the molecule is CC(O)CN1CC(N2Cc3c[nH]nc3C2)CC(N)[C@H]1C1CC(F)=CC=C1F. The third-order valence-electron chi connectivity index (χ3n) is 6.00. The number of aliphatic hydroxyl groups excluding tert-OH is 1. The summed E-state index contributed by atoms with van der Waals surface area (Å²) in [6.45, 7) is 4.35. The lowest BCUT2D eigenvalue weighted by Gasteiger charge is -2.49. The first-order valence-electron chi connectivity index (χ1n) is 9.57. The third kappa shape index (κ3) is 3.71. The molecule has 4 rings (SSSR count). The molecule has 0 aromatic carbocycles. The number of β-amino-alcohol motifs (C(OH)–C–C–N with tert-alkyl or cyclic N) is 1. The smallest absolute Gasteiger partial charge is 0.105 e. The van der Waals surface area contributed by atoms with Crippen molar-refractivity contribution in [3.8, 4) is 0 Å².